The number of nitrogens with zero attached hydrogens (tertiary/aromatic N) is 2. The highest BCUT2D eigenvalue weighted by atomic mass is 16.3. The van der Waals surface area contributed by atoms with Crippen LogP contribution >= 0.6 is 0 Å². The molecule has 4 nitrogen and oxygen atoms in total. The molecular weight excluding hydrogens is 238 g/mol. The first-order valence-electron chi connectivity index (χ1n) is 6.67. The minimum atomic E-state index is 0.681. The average Bonchev–Trinajstić information content (AvgIpc) is 3.13. The lowest BCUT2D eigenvalue weighted by Crippen LogP contribution is -2.16. The minimum absolute atomic E-state index is 0.681. The second-order valence-corrected chi connectivity index (χ2v) is 5.22. The van der Waals surface area contributed by atoms with Crippen LogP contribution in [-0.2, 0) is 6.54 Å². The third-order valence-electron chi connectivity index (χ3n) is 3.42. The van der Waals surface area contributed by atoms with Gasteiger partial charge in [-0.2, -0.15) is 0 Å². The first-order chi connectivity index (χ1) is 9.24. The topological polar surface area (TPSA) is 41.3 Å². The molecule has 0 spiro atoms. The molecule has 3 rings (SSSR count). The molecule has 0 aliphatic heterocycles. The molecule has 1 fully saturated rings. The second-order valence-electron chi connectivity index (χ2n) is 5.22. The Hall–Kier alpha value is -1.81. The highest BCUT2D eigenvalue weighted by Crippen LogP contribution is 2.26. The fraction of sp³-hybridized carbons (Fsp3) is 0.400. The van der Waals surface area contributed by atoms with Crippen molar-refractivity contribution in [2.24, 2.45) is 0 Å². The second kappa shape index (κ2) is 5.05. The first kappa shape index (κ1) is 12.2. The molecule has 0 saturated heterocycles. The largest absolute Gasteiger partial charge is 0.443 e. The Morgan fingerprint density at radius 2 is 2.00 bits per heavy atom. The summed E-state index contributed by atoms with van der Waals surface area (Å²) < 4.78 is 5.54. The quantitative estimate of drug-likeness (QED) is 0.894. The predicted octanol–water partition coefficient (Wildman–Crippen LogP) is 2.66. The van der Waals surface area contributed by atoms with Crippen LogP contribution in [0.1, 0.15) is 18.5 Å². The molecule has 1 saturated carbocycles. The molecule has 1 aliphatic rings. The van der Waals surface area contributed by atoms with E-state index in [1.54, 1.807) is 0 Å². The van der Waals surface area contributed by atoms with Crippen LogP contribution in [0.3, 0.4) is 0 Å². The SMILES string of the molecule is CN(C)c1ccc(-c2ocnc2CNC2CC2)cc1. The van der Waals surface area contributed by atoms with Crippen LogP contribution in [0.5, 0.6) is 0 Å². The van der Waals surface area contributed by atoms with Crippen molar-refractivity contribution in [3.8, 4) is 11.3 Å². The van der Waals surface area contributed by atoms with Gasteiger partial charge in [-0.25, -0.2) is 4.98 Å². The van der Waals surface area contributed by atoms with E-state index in [9.17, 15) is 0 Å². The summed E-state index contributed by atoms with van der Waals surface area (Å²) in [5.41, 5.74) is 3.25. The van der Waals surface area contributed by atoms with Crippen LogP contribution in [0.25, 0.3) is 11.3 Å². The molecule has 19 heavy (non-hydrogen) atoms. The van der Waals surface area contributed by atoms with Crippen molar-refractivity contribution in [1.29, 1.82) is 0 Å². The molecular formula is C15H19N3O. The molecule has 0 unspecified atom stereocenters. The summed E-state index contributed by atoms with van der Waals surface area (Å²) in [6.07, 6.45) is 4.09. The number of hydrogen-bond donors (Lipinski definition) is 1. The maximum absolute atomic E-state index is 5.54. The van der Waals surface area contributed by atoms with Crippen molar-refractivity contribution in [1.82, 2.24) is 10.3 Å². The van der Waals surface area contributed by atoms with Crippen LogP contribution in [0.4, 0.5) is 5.69 Å². The number of anilines is 1. The summed E-state index contributed by atoms with van der Waals surface area (Å²) in [6, 6.07) is 9.03. The van der Waals surface area contributed by atoms with Crippen LogP contribution in [0.15, 0.2) is 35.1 Å². The molecule has 0 atom stereocenters. The number of nitrogens with one attached hydrogen (secondary N) is 1. The van der Waals surface area contributed by atoms with Gasteiger partial charge in [-0.3, -0.25) is 0 Å². The highest BCUT2D eigenvalue weighted by Gasteiger charge is 2.21. The lowest BCUT2D eigenvalue weighted by Gasteiger charge is -2.12. The number of oxazole rings is 1. The predicted molar refractivity (Wildman–Crippen MR) is 76.1 cm³/mol. The molecule has 1 heterocycles. The third-order valence-corrected chi connectivity index (χ3v) is 3.42. The summed E-state index contributed by atoms with van der Waals surface area (Å²) in [5, 5.41) is 3.47. The summed E-state index contributed by atoms with van der Waals surface area (Å²) in [7, 11) is 4.07. The molecule has 100 valence electrons. The van der Waals surface area contributed by atoms with Crippen molar-refractivity contribution in [3.05, 3.63) is 36.4 Å². The van der Waals surface area contributed by atoms with E-state index < -0.39 is 0 Å². The zero-order chi connectivity index (χ0) is 13.2. The maximum atomic E-state index is 5.54. The van der Waals surface area contributed by atoms with E-state index in [-0.39, 0.29) is 0 Å². The molecule has 1 aromatic heterocycles. The summed E-state index contributed by atoms with van der Waals surface area (Å²) in [4.78, 5) is 6.39. The van der Waals surface area contributed by atoms with Gasteiger partial charge in [-0.15, -0.1) is 0 Å². The van der Waals surface area contributed by atoms with Gasteiger partial charge in [0.05, 0.1) is 0 Å². The number of hydrogen-bond acceptors (Lipinski definition) is 4. The van der Waals surface area contributed by atoms with Gasteiger partial charge >= 0.3 is 0 Å². The lowest BCUT2D eigenvalue weighted by atomic mass is 10.1. The van der Waals surface area contributed by atoms with E-state index in [0.29, 0.717) is 6.04 Å². The van der Waals surface area contributed by atoms with Crippen LogP contribution in [0.2, 0.25) is 0 Å². The maximum Gasteiger partial charge on any atom is 0.181 e. The average molecular weight is 257 g/mol. The minimum Gasteiger partial charge on any atom is -0.443 e. The van der Waals surface area contributed by atoms with Gasteiger partial charge < -0.3 is 14.6 Å². The standard InChI is InChI=1S/C15H19N3O/c1-18(2)13-7-3-11(4-8-13)15-14(17-10-19-15)9-16-12-5-6-12/h3-4,7-8,10,12,16H,5-6,9H2,1-2H3. The Morgan fingerprint density at radius 1 is 1.26 bits per heavy atom. The van der Waals surface area contributed by atoms with Gasteiger partial charge in [0.25, 0.3) is 0 Å². The molecule has 1 N–H and O–H groups in total. The van der Waals surface area contributed by atoms with Crippen molar-refractivity contribution < 1.29 is 4.42 Å². The van der Waals surface area contributed by atoms with Gasteiger partial charge in [0, 0.05) is 37.9 Å². The molecule has 4 heteroatoms. The Morgan fingerprint density at radius 3 is 2.63 bits per heavy atom. The molecule has 1 aromatic carbocycles. The molecule has 2 aromatic rings. The van der Waals surface area contributed by atoms with Crippen molar-refractivity contribution in [2.45, 2.75) is 25.4 Å². The molecule has 0 bridgehead atoms. The smallest absolute Gasteiger partial charge is 0.181 e. The van der Waals surface area contributed by atoms with E-state index in [1.165, 1.54) is 24.9 Å². The zero-order valence-corrected chi connectivity index (χ0v) is 11.4. The summed E-state index contributed by atoms with van der Waals surface area (Å²) in [6.45, 7) is 0.784. The van der Waals surface area contributed by atoms with Gasteiger partial charge in [-0.05, 0) is 37.1 Å². The van der Waals surface area contributed by atoms with E-state index >= 15 is 0 Å². The van der Waals surface area contributed by atoms with E-state index in [1.807, 2.05) is 14.1 Å². The van der Waals surface area contributed by atoms with E-state index in [4.69, 9.17) is 4.42 Å². The van der Waals surface area contributed by atoms with Crippen molar-refractivity contribution >= 4 is 5.69 Å². The zero-order valence-electron chi connectivity index (χ0n) is 11.4. The van der Waals surface area contributed by atoms with Gasteiger partial charge in [-0.1, -0.05) is 0 Å². The first-order valence-corrected chi connectivity index (χ1v) is 6.67. The van der Waals surface area contributed by atoms with Crippen LogP contribution in [-0.4, -0.2) is 25.1 Å². The fourth-order valence-corrected chi connectivity index (χ4v) is 2.07. The molecule has 0 radical (unpaired) electrons. The lowest BCUT2D eigenvalue weighted by molar-refractivity contribution is 0.569. The normalized spacial score (nSPS) is 14.6. The number of rotatable bonds is 5. The Balaban J connectivity index is 1.78. The van der Waals surface area contributed by atoms with Gasteiger partial charge in [0.2, 0.25) is 0 Å². The Labute approximate surface area is 113 Å². The van der Waals surface area contributed by atoms with Gasteiger partial charge in [0.15, 0.2) is 12.2 Å². The van der Waals surface area contributed by atoms with Crippen LogP contribution < -0.4 is 10.2 Å². The van der Waals surface area contributed by atoms with Crippen molar-refractivity contribution in [2.75, 3.05) is 19.0 Å². The fourth-order valence-electron chi connectivity index (χ4n) is 2.07. The number of benzene rings is 1. The summed E-state index contributed by atoms with van der Waals surface area (Å²) >= 11 is 0. The van der Waals surface area contributed by atoms with Crippen LogP contribution in [0, 0.1) is 0 Å². The van der Waals surface area contributed by atoms with E-state index in [0.717, 1.165) is 23.6 Å². The van der Waals surface area contributed by atoms with Gasteiger partial charge in [0.1, 0.15) is 5.69 Å². The van der Waals surface area contributed by atoms with Crippen molar-refractivity contribution in [3.63, 3.8) is 0 Å². The summed E-state index contributed by atoms with van der Waals surface area (Å²) in [5.74, 6) is 0.874. The Bertz CT molecular complexity index is 541. The highest BCUT2D eigenvalue weighted by molar-refractivity contribution is 5.63. The number of aromatic nitrogens is 1. The third kappa shape index (κ3) is 2.79. The van der Waals surface area contributed by atoms with E-state index in [2.05, 4.69) is 39.5 Å². The molecule has 0 amide bonds. The monoisotopic (exact) mass is 257 g/mol. The Kier molecular flexibility index (Phi) is 3.25. The molecule has 1 aliphatic carbocycles.